The van der Waals surface area contributed by atoms with Gasteiger partial charge in [-0.1, -0.05) is 0 Å². The van der Waals surface area contributed by atoms with Gasteiger partial charge < -0.3 is 16.4 Å². The molecular formula is C9H18ClN3O2. The molecule has 1 saturated heterocycles. The van der Waals surface area contributed by atoms with Crippen LogP contribution in [0.4, 0.5) is 0 Å². The first kappa shape index (κ1) is 14.2. The highest BCUT2D eigenvalue weighted by Gasteiger charge is 2.25. The molecular weight excluding hydrogens is 218 g/mol. The second-order valence-corrected chi connectivity index (χ2v) is 3.69. The fourth-order valence-electron chi connectivity index (χ4n) is 1.43. The van der Waals surface area contributed by atoms with Crippen LogP contribution >= 0.6 is 12.4 Å². The zero-order chi connectivity index (χ0) is 10.6. The lowest BCUT2D eigenvalue weighted by Crippen LogP contribution is -2.45. The summed E-state index contributed by atoms with van der Waals surface area (Å²) in [7, 11) is 0. The molecule has 6 heteroatoms. The summed E-state index contributed by atoms with van der Waals surface area (Å²) in [5, 5.41) is 5.47. The van der Waals surface area contributed by atoms with Crippen molar-refractivity contribution in [2.75, 3.05) is 13.1 Å². The molecule has 0 bridgehead atoms. The molecule has 0 radical (unpaired) electrons. The molecule has 15 heavy (non-hydrogen) atoms. The van der Waals surface area contributed by atoms with Crippen LogP contribution in [-0.2, 0) is 9.59 Å². The predicted octanol–water partition coefficient (Wildman–Crippen LogP) is -0.602. The number of carbonyl (C=O) groups excluding carboxylic acids is 2. The maximum Gasteiger partial charge on any atom is 0.223 e. The lowest BCUT2D eigenvalue weighted by Gasteiger charge is -2.22. The van der Waals surface area contributed by atoms with Crippen molar-refractivity contribution in [3.05, 3.63) is 0 Å². The van der Waals surface area contributed by atoms with E-state index in [1.165, 1.54) is 0 Å². The molecule has 0 aromatic rings. The summed E-state index contributed by atoms with van der Waals surface area (Å²) < 4.78 is 0. The van der Waals surface area contributed by atoms with Crippen molar-refractivity contribution in [3.63, 3.8) is 0 Å². The monoisotopic (exact) mass is 235 g/mol. The normalized spacial score (nSPS) is 22.3. The van der Waals surface area contributed by atoms with Crippen LogP contribution in [-0.4, -0.2) is 30.9 Å². The number of nitrogens with two attached hydrogens (primary N) is 1. The number of carbonyl (C=O) groups is 2. The first-order chi connectivity index (χ1) is 6.63. The number of amides is 2. The number of rotatable bonds is 3. The van der Waals surface area contributed by atoms with Crippen molar-refractivity contribution in [3.8, 4) is 0 Å². The zero-order valence-electron chi connectivity index (χ0n) is 8.79. The third-order valence-electron chi connectivity index (χ3n) is 2.36. The maximum atomic E-state index is 11.6. The van der Waals surface area contributed by atoms with Crippen LogP contribution in [0.2, 0.25) is 0 Å². The lowest BCUT2D eigenvalue weighted by atomic mass is 9.96. The van der Waals surface area contributed by atoms with Gasteiger partial charge >= 0.3 is 0 Å². The number of halogens is 1. The zero-order valence-corrected chi connectivity index (χ0v) is 9.60. The molecule has 1 heterocycles. The highest BCUT2D eigenvalue weighted by molar-refractivity contribution is 5.87. The Morgan fingerprint density at radius 1 is 1.73 bits per heavy atom. The molecule has 0 aromatic heterocycles. The first-order valence-corrected chi connectivity index (χ1v) is 4.90. The van der Waals surface area contributed by atoms with Gasteiger partial charge in [0.15, 0.2) is 0 Å². The minimum atomic E-state index is -0.183. The van der Waals surface area contributed by atoms with Crippen molar-refractivity contribution in [1.29, 1.82) is 0 Å². The van der Waals surface area contributed by atoms with E-state index >= 15 is 0 Å². The van der Waals surface area contributed by atoms with Gasteiger partial charge in [0.2, 0.25) is 11.8 Å². The van der Waals surface area contributed by atoms with E-state index in [4.69, 9.17) is 5.73 Å². The van der Waals surface area contributed by atoms with Gasteiger partial charge in [0.05, 0.1) is 0 Å². The van der Waals surface area contributed by atoms with Crippen LogP contribution in [0.15, 0.2) is 0 Å². The summed E-state index contributed by atoms with van der Waals surface area (Å²) in [6, 6.07) is -0.0208. The van der Waals surface area contributed by atoms with E-state index in [1.54, 1.807) is 0 Å². The minimum absolute atomic E-state index is 0. The van der Waals surface area contributed by atoms with Crippen LogP contribution in [0.25, 0.3) is 0 Å². The maximum absolute atomic E-state index is 11.6. The van der Waals surface area contributed by atoms with E-state index < -0.39 is 0 Å². The van der Waals surface area contributed by atoms with E-state index in [0.717, 1.165) is 6.42 Å². The number of hydrogen-bond donors (Lipinski definition) is 3. The van der Waals surface area contributed by atoms with Crippen LogP contribution in [0.1, 0.15) is 19.8 Å². The topological polar surface area (TPSA) is 84.2 Å². The van der Waals surface area contributed by atoms with Gasteiger partial charge in [0.1, 0.15) is 0 Å². The summed E-state index contributed by atoms with van der Waals surface area (Å²) in [5.74, 6) is -0.285. The molecule has 0 saturated carbocycles. The minimum Gasteiger partial charge on any atom is -0.356 e. The van der Waals surface area contributed by atoms with E-state index in [-0.39, 0.29) is 36.2 Å². The van der Waals surface area contributed by atoms with Gasteiger partial charge in [-0.25, -0.2) is 0 Å². The van der Waals surface area contributed by atoms with Gasteiger partial charge in [0, 0.05) is 31.5 Å². The van der Waals surface area contributed by atoms with Crippen LogP contribution in [0.3, 0.4) is 0 Å². The molecule has 1 aliphatic rings. The Bertz CT molecular complexity index is 235. The van der Waals surface area contributed by atoms with Gasteiger partial charge in [-0.3, -0.25) is 9.59 Å². The quantitative estimate of drug-likeness (QED) is 0.611. The lowest BCUT2D eigenvalue weighted by molar-refractivity contribution is -0.132. The van der Waals surface area contributed by atoms with Gasteiger partial charge in [-0.15, -0.1) is 12.4 Å². The Morgan fingerprint density at radius 2 is 2.40 bits per heavy atom. The molecule has 1 rings (SSSR count). The Hall–Kier alpha value is -0.810. The van der Waals surface area contributed by atoms with Crippen molar-refractivity contribution >= 4 is 24.2 Å². The molecule has 4 N–H and O–H groups in total. The molecule has 1 unspecified atom stereocenters. The summed E-state index contributed by atoms with van der Waals surface area (Å²) in [6.45, 7) is 2.86. The third-order valence-corrected chi connectivity index (χ3v) is 2.36. The Balaban J connectivity index is 0.00000196. The molecule has 1 fully saturated rings. The molecule has 0 aliphatic carbocycles. The average Bonchev–Trinajstić information content (AvgIpc) is 2.17. The summed E-state index contributed by atoms with van der Waals surface area (Å²) in [5.41, 5.74) is 5.38. The van der Waals surface area contributed by atoms with Crippen molar-refractivity contribution in [2.24, 2.45) is 11.7 Å². The Labute approximate surface area is 95.6 Å². The van der Waals surface area contributed by atoms with E-state index in [2.05, 4.69) is 10.6 Å². The molecule has 1 aliphatic heterocycles. The van der Waals surface area contributed by atoms with Crippen molar-refractivity contribution < 1.29 is 9.59 Å². The van der Waals surface area contributed by atoms with Crippen LogP contribution < -0.4 is 16.4 Å². The standard InChI is InChI=1S/C9H17N3O2.ClH/c1-6(5-10)12-9(14)7-2-3-11-8(13)4-7;/h6-7H,2-5,10H2,1H3,(H,11,13)(H,12,14);1H/t6-,7?;/m0./s1. The Kier molecular flexibility index (Phi) is 6.27. The van der Waals surface area contributed by atoms with E-state index in [1.807, 2.05) is 6.92 Å². The third kappa shape index (κ3) is 4.48. The Morgan fingerprint density at radius 3 is 2.93 bits per heavy atom. The summed E-state index contributed by atoms with van der Waals surface area (Å²) in [6.07, 6.45) is 1.01. The molecule has 0 spiro atoms. The van der Waals surface area contributed by atoms with E-state index in [0.29, 0.717) is 19.5 Å². The number of nitrogens with one attached hydrogen (secondary N) is 2. The smallest absolute Gasteiger partial charge is 0.223 e. The molecule has 2 atom stereocenters. The number of hydrogen-bond acceptors (Lipinski definition) is 3. The van der Waals surface area contributed by atoms with Crippen LogP contribution in [0, 0.1) is 5.92 Å². The number of piperidine rings is 1. The van der Waals surface area contributed by atoms with E-state index in [9.17, 15) is 9.59 Å². The fraction of sp³-hybridized carbons (Fsp3) is 0.778. The van der Waals surface area contributed by atoms with Crippen molar-refractivity contribution in [2.45, 2.75) is 25.8 Å². The second kappa shape index (κ2) is 6.63. The fourth-order valence-corrected chi connectivity index (χ4v) is 1.43. The highest BCUT2D eigenvalue weighted by atomic mass is 35.5. The molecule has 2 amide bonds. The van der Waals surface area contributed by atoms with Gasteiger partial charge in [0.25, 0.3) is 0 Å². The average molecular weight is 236 g/mol. The SMILES string of the molecule is C[C@@H](CN)NC(=O)C1CCNC(=O)C1.Cl. The van der Waals surface area contributed by atoms with Crippen molar-refractivity contribution in [1.82, 2.24) is 10.6 Å². The predicted molar refractivity (Wildman–Crippen MR) is 59.6 cm³/mol. The van der Waals surface area contributed by atoms with Gasteiger partial charge in [-0.05, 0) is 13.3 Å². The van der Waals surface area contributed by atoms with Gasteiger partial charge in [-0.2, -0.15) is 0 Å². The summed E-state index contributed by atoms with van der Waals surface area (Å²) >= 11 is 0. The first-order valence-electron chi connectivity index (χ1n) is 4.90. The highest BCUT2D eigenvalue weighted by Crippen LogP contribution is 2.12. The summed E-state index contributed by atoms with van der Waals surface area (Å²) in [4.78, 5) is 22.6. The second-order valence-electron chi connectivity index (χ2n) is 3.69. The largest absolute Gasteiger partial charge is 0.356 e. The molecule has 0 aromatic carbocycles. The molecule has 5 nitrogen and oxygen atoms in total. The molecule has 88 valence electrons. The van der Waals surface area contributed by atoms with Crippen LogP contribution in [0.5, 0.6) is 0 Å².